The summed E-state index contributed by atoms with van der Waals surface area (Å²) in [6.07, 6.45) is 3.02. The van der Waals surface area contributed by atoms with Gasteiger partial charge in [-0.1, -0.05) is 26.0 Å². The van der Waals surface area contributed by atoms with Gasteiger partial charge in [0.15, 0.2) is 0 Å². The number of aryl methyl sites for hydroxylation is 1. The third kappa shape index (κ3) is 3.46. The number of aromatic nitrogens is 3. The molecule has 80 valence electrons. The molecule has 0 aromatic carbocycles. The highest BCUT2D eigenvalue weighted by molar-refractivity contribution is 4.97. The van der Waals surface area contributed by atoms with Crippen LogP contribution in [0.25, 0.3) is 0 Å². The van der Waals surface area contributed by atoms with Crippen molar-refractivity contribution in [1.82, 2.24) is 15.0 Å². The summed E-state index contributed by atoms with van der Waals surface area (Å²) in [6, 6.07) is -0.0293. The third-order valence-electron chi connectivity index (χ3n) is 2.11. The maximum Gasteiger partial charge on any atom is 0.0991 e. The molecule has 4 heteroatoms. The normalized spacial score (nSPS) is 14.4. The van der Waals surface area contributed by atoms with Gasteiger partial charge in [-0.2, -0.15) is 0 Å². The van der Waals surface area contributed by atoms with Gasteiger partial charge < -0.3 is 5.73 Å². The molecule has 0 fully saturated rings. The Morgan fingerprint density at radius 2 is 2.14 bits per heavy atom. The van der Waals surface area contributed by atoms with Crippen LogP contribution in [0.3, 0.4) is 0 Å². The first-order valence-electron chi connectivity index (χ1n) is 5.04. The molecule has 0 bridgehead atoms. The van der Waals surface area contributed by atoms with Crippen molar-refractivity contribution in [3.8, 4) is 0 Å². The average molecular weight is 196 g/mol. The molecule has 0 radical (unpaired) electrons. The molecule has 1 rings (SSSR count). The molecule has 0 saturated carbocycles. The fourth-order valence-electron chi connectivity index (χ4n) is 1.08. The van der Waals surface area contributed by atoms with Crippen molar-refractivity contribution in [2.75, 3.05) is 0 Å². The van der Waals surface area contributed by atoms with Gasteiger partial charge in [-0.15, -0.1) is 5.10 Å². The van der Waals surface area contributed by atoms with Crippen LogP contribution in [0, 0.1) is 5.41 Å². The zero-order chi connectivity index (χ0) is 10.8. The lowest BCUT2D eigenvalue weighted by Crippen LogP contribution is -2.10. The minimum Gasteiger partial charge on any atom is -0.323 e. The average Bonchev–Trinajstić information content (AvgIpc) is 2.47. The number of hydrogen-bond donors (Lipinski definition) is 1. The van der Waals surface area contributed by atoms with Crippen LogP contribution in [0.5, 0.6) is 0 Å². The van der Waals surface area contributed by atoms with Gasteiger partial charge in [0, 0.05) is 12.6 Å². The molecule has 1 atom stereocenters. The van der Waals surface area contributed by atoms with Crippen LogP contribution >= 0.6 is 0 Å². The van der Waals surface area contributed by atoms with Crippen LogP contribution in [-0.4, -0.2) is 15.0 Å². The van der Waals surface area contributed by atoms with Crippen LogP contribution < -0.4 is 5.73 Å². The van der Waals surface area contributed by atoms with Gasteiger partial charge in [0.05, 0.1) is 11.9 Å². The molecule has 0 aliphatic heterocycles. The van der Waals surface area contributed by atoms with E-state index in [4.69, 9.17) is 5.73 Å². The summed E-state index contributed by atoms with van der Waals surface area (Å²) in [5, 5.41) is 8.03. The highest BCUT2D eigenvalue weighted by Gasteiger charge is 2.11. The lowest BCUT2D eigenvalue weighted by molar-refractivity contribution is 0.339. The van der Waals surface area contributed by atoms with Gasteiger partial charge in [0.1, 0.15) is 0 Å². The molecule has 0 amide bonds. The molecule has 0 aliphatic carbocycles. The molecule has 4 nitrogen and oxygen atoms in total. The summed E-state index contributed by atoms with van der Waals surface area (Å²) >= 11 is 0. The van der Waals surface area contributed by atoms with Gasteiger partial charge in [0.2, 0.25) is 0 Å². The molecule has 0 spiro atoms. The Morgan fingerprint density at radius 3 is 2.57 bits per heavy atom. The fourth-order valence-corrected chi connectivity index (χ4v) is 1.08. The van der Waals surface area contributed by atoms with Crippen LogP contribution in [0.2, 0.25) is 0 Å². The van der Waals surface area contributed by atoms with E-state index < -0.39 is 0 Å². The van der Waals surface area contributed by atoms with Crippen molar-refractivity contribution in [3.05, 3.63) is 11.9 Å². The first-order chi connectivity index (χ1) is 6.38. The van der Waals surface area contributed by atoms with E-state index in [1.165, 1.54) is 0 Å². The number of nitrogens with zero attached hydrogens (tertiary/aromatic N) is 3. The van der Waals surface area contributed by atoms with E-state index in [0.717, 1.165) is 18.7 Å². The number of hydrogen-bond acceptors (Lipinski definition) is 3. The van der Waals surface area contributed by atoms with Crippen molar-refractivity contribution in [2.24, 2.45) is 11.1 Å². The molecular weight excluding hydrogens is 176 g/mol. The van der Waals surface area contributed by atoms with Gasteiger partial charge in [0.25, 0.3) is 0 Å². The molecule has 1 heterocycles. The summed E-state index contributed by atoms with van der Waals surface area (Å²) in [5.41, 5.74) is 6.89. The predicted octanol–water partition coefficient (Wildman–Crippen LogP) is 1.73. The van der Waals surface area contributed by atoms with E-state index >= 15 is 0 Å². The van der Waals surface area contributed by atoms with E-state index in [1.807, 2.05) is 17.8 Å². The molecule has 1 aromatic heterocycles. The summed E-state index contributed by atoms with van der Waals surface area (Å²) in [7, 11) is 0. The van der Waals surface area contributed by atoms with Crippen LogP contribution in [-0.2, 0) is 6.54 Å². The van der Waals surface area contributed by atoms with E-state index in [1.54, 1.807) is 0 Å². The smallest absolute Gasteiger partial charge is 0.0991 e. The monoisotopic (exact) mass is 196 g/mol. The van der Waals surface area contributed by atoms with Gasteiger partial charge in [-0.25, -0.2) is 0 Å². The first kappa shape index (κ1) is 11.2. The van der Waals surface area contributed by atoms with E-state index in [9.17, 15) is 0 Å². The van der Waals surface area contributed by atoms with Crippen molar-refractivity contribution in [3.63, 3.8) is 0 Å². The zero-order valence-corrected chi connectivity index (χ0v) is 9.49. The lowest BCUT2D eigenvalue weighted by Gasteiger charge is -2.17. The summed E-state index contributed by atoms with van der Waals surface area (Å²) in [4.78, 5) is 0. The van der Waals surface area contributed by atoms with Gasteiger partial charge in [-0.3, -0.25) is 4.68 Å². The Kier molecular flexibility index (Phi) is 3.26. The molecule has 1 aromatic rings. The molecule has 0 saturated heterocycles. The van der Waals surface area contributed by atoms with Crippen LogP contribution in [0.15, 0.2) is 6.20 Å². The lowest BCUT2D eigenvalue weighted by atomic mass is 9.92. The molecule has 14 heavy (non-hydrogen) atoms. The number of rotatable bonds is 3. The SMILES string of the molecule is CC(N)c1cn(CCC(C)(C)C)nn1. The highest BCUT2D eigenvalue weighted by Crippen LogP contribution is 2.19. The Hall–Kier alpha value is -0.900. The fraction of sp³-hybridized carbons (Fsp3) is 0.800. The second-order valence-electron chi connectivity index (χ2n) is 5.01. The third-order valence-corrected chi connectivity index (χ3v) is 2.11. The van der Waals surface area contributed by atoms with Gasteiger partial charge >= 0.3 is 0 Å². The van der Waals surface area contributed by atoms with E-state index in [2.05, 4.69) is 31.1 Å². The summed E-state index contributed by atoms with van der Waals surface area (Å²) < 4.78 is 1.87. The summed E-state index contributed by atoms with van der Waals surface area (Å²) in [5.74, 6) is 0. The maximum atomic E-state index is 5.69. The Labute approximate surface area is 85.5 Å². The topological polar surface area (TPSA) is 56.7 Å². The molecule has 0 aliphatic rings. The second-order valence-corrected chi connectivity index (χ2v) is 5.01. The summed E-state index contributed by atoms with van der Waals surface area (Å²) in [6.45, 7) is 9.48. The second kappa shape index (κ2) is 4.09. The van der Waals surface area contributed by atoms with E-state index in [-0.39, 0.29) is 6.04 Å². The highest BCUT2D eigenvalue weighted by atomic mass is 15.4. The number of nitrogens with two attached hydrogens (primary N) is 1. The van der Waals surface area contributed by atoms with Gasteiger partial charge in [-0.05, 0) is 18.8 Å². The Morgan fingerprint density at radius 1 is 1.50 bits per heavy atom. The predicted molar refractivity (Wildman–Crippen MR) is 56.7 cm³/mol. The van der Waals surface area contributed by atoms with Crippen molar-refractivity contribution in [1.29, 1.82) is 0 Å². The molecule has 1 unspecified atom stereocenters. The minimum absolute atomic E-state index is 0.0293. The Balaban J connectivity index is 2.52. The molecule has 2 N–H and O–H groups in total. The quantitative estimate of drug-likeness (QED) is 0.801. The first-order valence-corrected chi connectivity index (χ1v) is 5.04. The molecular formula is C10H20N4. The minimum atomic E-state index is -0.0293. The van der Waals surface area contributed by atoms with E-state index in [0.29, 0.717) is 5.41 Å². The Bertz CT molecular complexity index is 283. The largest absolute Gasteiger partial charge is 0.323 e. The van der Waals surface area contributed by atoms with Crippen LogP contribution in [0.1, 0.15) is 45.9 Å². The zero-order valence-electron chi connectivity index (χ0n) is 9.49. The van der Waals surface area contributed by atoms with Crippen molar-refractivity contribution in [2.45, 2.75) is 46.7 Å². The van der Waals surface area contributed by atoms with Crippen molar-refractivity contribution >= 4 is 0 Å². The van der Waals surface area contributed by atoms with Crippen molar-refractivity contribution < 1.29 is 0 Å². The maximum absolute atomic E-state index is 5.69. The van der Waals surface area contributed by atoms with Crippen LogP contribution in [0.4, 0.5) is 0 Å². The standard InChI is InChI=1S/C10H20N4/c1-8(11)9-7-14(13-12-9)6-5-10(2,3)4/h7-8H,5-6,11H2,1-4H3.